The lowest BCUT2D eigenvalue weighted by Crippen LogP contribution is -1.92. The third-order valence-corrected chi connectivity index (χ3v) is 3.08. The lowest BCUT2D eigenvalue weighted by Gasteiger charge is -2.10. The van der Waals surface area contributed by atoms with Gasteiger partial charge in [-0.05, 0) is 36.6 Å². The highest BCUT2D eigenvalue weighted by atomic mass is 79.9. The summed E-state index contributed by atoms with van der Waals surface area (Å²) in [5.41, 5.74) is 1.26. The van der Waals surface area contributed by atoms with Crippen LogP contribution in [0.4, 0.5) is 0 Å². The van der Waals surface area contributed by atoms with Crippen LogP contribution < -0.4 is 4.74 Å². The van der Waals surface area contributed by atoms with Gasteiger partial charge in [0.15, 0.2) is 0 Å². The van der Waals surface area contributed by atoms with Gasteiger partial charge in [0.1, 0.15) is 11.5 Å². The average molecular weight is 291 g/mol. The number of hydrogen-bond donors (Lipinski definition) is 0. The molecule has 17 heavy (non-hydrogen) atoms. The number of benzene rings is 2. The van der Waals surface area contributed by atoms with E-state index in [0.717, 1.165) is 29.7 Å². The van der Waals surface area contributed by atoms with Crippen molar-refractivity contribution >= 4 is 15.9 Å². The Morgan fingerprint density at radius 3 is 2.35 bits per heavy atom. The maximum absolute atomic E-state index is 5.89. The Kier molecular flexibility index (Phi) is 4.63. The van der Waals surface area contributed by atoms with E-state index in [2.05, 4.69) is 28.1 Å². The molecule has 2 aromatic rings. The topological polar surface area (TPSA) is 9.23 Å². The first-order valence-electron chi connectivity index (χ1n) is 5.77. The minimum atomic E-state index is 0.888. The number of hydrogen-bond acceptors (Lipinski definition) is 1. The van der Waals surface area contributed by atoms with Crippen LogP contribution in [0.1, 0.15) is 12.0 Å². The number of alkyl halides is 1. The highest BCUT2D eigenvalue weighted by molar-refractivity contribution is 9.09. The molecule has 0 amide bonds. The van der Waals surface area contributed by atoms with E-state index in [-0.39, 0.29) is 0 Å². The number of halogens is 1. The Labute approximate surface area is 111 Å². The van der Waals surface area contributed by atoms with Crippen LogP contribution in [-0.2, 0) is 6.42 Å². The van der Waals surface area contributed by atoms with Crippen molar-refractivity contribution in [2.45, 2.75) is 12.8 Å². The van der Waals surface area contributed by atoms with Crippen molar-refractivity contribution in [2.75, 3.05) is 5.33 Å². The van der Waals surface area contributed by atoms with Crippen LogP contribution in [0, 0.1) is 0 Å². The van der Waals surface area contributed by atoms with Gasteiger partial charge in [-0.3, -0.25) is 0 Å². The van der Waals surface area contributed by atoms with E-state index in [1.54, 1.807) is 0 Å². The molecule has 0 saturated carbocycles. The molecule has 2 rings (SSSR count). The predicted octanol–water partition coefficient (Wildman–Crippen LogP) is 4.81. The molecule has 0 atom stereocenters. The van der Waals surface area contributed by atoms with Gasteiger partial charge in [-0.15, -0.1) is 0 Å². The quantitative estimate of drug-likeness (QED) is 0.718. The second-order valence-electron chi connectivity index (χ2n) is 3.82. The average Bonchev–Trinajstić information content (AvgIpc) is 2.39. The number of rotatable bonds is 5. The third kappa shape index (κ3) is 3.60. The van der Waals surface area contributed by atoms with E-state index >= 15 is 0 Å². The molecule has 0 unspecified atom stereocenters. The Morgan fingerprint density at radius 1 is 0.882 bits per heavy atom. The molecule has 0 saturated heterocycles. The Bertz CT molecular complexity index is 453. The van der Waals surface area contributed by atoms with E-state index < -0.39 is 0 Å². The zero-order valence-electron chi connectivity index (χ0n) is 9.60. The molecule has 2 aromatic carbocycles. The van der Waals surface area contributed by atoms with E-state index in [0.29, 0.717) is 0 Å². The minimum Gasteiger partial charge on any atom is -0.457 e. The Hall–Kier alpha value is -1.28. The molecule has 88 valence electrons. The fraction of sp³-hybridized carbons (Fsp3) is 0.200. The number of ether oxygens (including phenoxy) is 1. The largest absolute Gasteiger partial charge is 0.457 e. The van der Waals surface area contributed by atoms with Crippen LogP contribution >= 0.6 is 15.9 Å². The highest BCUT2D eigenvalue weighted by Crippen LogP contribution is 2.25. The molecular weight excluding hydrogens is 276 g/mol. The summed E-state index contributed by atoms with van der Waals surface area (Å²) in [6.07, 6.45) is 2.16. The summed E-state index contributed by atoms with van der Waals surface area (Å²) in [6, 6.07) is 18.1. The Morgan fingerprint density at radius 2 is 1.59 bits per heavy atom. The monoisotopic (exact) mass is 290 g/mol. The first-order chi connectivity index (χ1) is 8.40. The molecule has 2 heteroatoms. The van der Waals surface area contributed by atoms with Gasteiger partial charge in [-0.2, -0.15) is 0 Å². The second-order valence-corrected chi connectivity index (χ2v) is 4.61. The molecule has 0 N–H and O–H groups in total. The van der Waals surface area contributed by atoms with Crippen molar-refractivity contribution in [2.24, 2.45) is 0 Å². The molecule has 0 aromatic heterocycles. The zero-order valence-corrected chi connectivity index (χ0v) is 11.2. The SMILES string of the molecule is BrCCCc1ccccc1Oc1ccccc1. The van der Waals surface area contributed by atoms with Crippen LogP contribution in [-0.4, -0.2) is 5.33 Å². The van der Waals surface area contributed by atoms with Crippen LogP contribution in [0.3, 0.4) is 0 Å². The standard InChI is InChI=1S/C15H15BrO/c16-12-6-8-13-7-4-5-11-15(13)17-14-9-2-1-3-10-14/h1-5,7,9-11H,6,8,12H2. The maximum Gasteiger partial charge on any atom is 0.130 e. The van der Waals surface area contributed by atoms with Gasteiger partial charge < -0.3 is 4.74 Å². The number of aryl methyl sites for hydroxylation is 1. The number of para-hydroxylation sites is 2. The van der Waals surface area contributed by atoms with Gasteiger partial charge in [0.25, 0.3) is 0 Å². The molecule has 0 spiro atoms. The van der Waals surface area contributed by atoms with Gasteiger partial charge in [0, 0.05) is 5.33 Å². The molecular formula is C15H15BrO. The van der Waals surface area contributed by atoms with Crippen molar-refractivity contribution in [1.29, 1.82) is 0 Å². The fourth-order valence-corrected chi connectivity index (χ4v) is 1.96. The van der Waals surface area contributed by atoms with Gasteiger partial charge >= 0.3 is 0 Å². The molecule has 0 aliphatic heterocycles. The lowest BCUT2D eigenvalue weighted by atomic mass is 10.1. The first-order valence-corrected chi connectivity index (χ1v) is 6.89. The van der Waals surface area contributed by atoms with Crippen molar-refractivity contribution in [3.8, 4) is 11.5 Å². The highest BCUT2D eigenvalue weighted by Gasteiger charge is 2.03. The van der Waals surface area contributed by atoms with Crippen molar-refractivity contribution in [3.63, 3.8) is 0 Å². The van der Waals surface area contributed by atoms with Crippen molar-refractivity contribution < 1.29 is 4.74 Å². The summed E-state index contributed by atoms with van der Waals surface area (Å²) in [7, 11) is 0. The molecule has 0 aliphatic rings. The molecule has 0 fully saturated rings. The van der Waals surface area contributed by atoms with Crippen LogP contribution in [0.25, 0.3) is 0 Å². The van der Waals surface area contributed by atoms with Crippen molar-refractivity contribution in [3.05, 3.63) is 60.2 Å². The van der Waals surface area contributed by atoms with Gasteiger partial charge in [-0.1, -0.05) is 52.3 Å². The summed E-state index contributed by atoms with van der Waals surface area (Å²) in [5, 5.41) is 1.02. The van der Waals surface area contributed by atoms with Crippen LogP contribution in [0.15, 0.2) is 54.6 Å². The third-order valence-electron chi connectivity index (χ3n) is 2.52. The molecule has 1 nitrogen and oxygen atoms in total. The molecule has 0 heterocycles. The second kappa shape index (κ2) is 6.45. The summed E-state index contributed by atoms with van der Waals surface area (Å²) in [5.74, 6) is 1.85. The van der Waals surface area contributed by atoms with Gasteiger partial charge in [-0.25, -0.2) is 0 Å². The van der Waals surface area contributed by atoms with Gasteiger partial charge in [0.05, 0.1) is 0 Å². The molecule has 0 bridgehead atoms. The summed E-state index contributed by atoms with van der Waals surface area (Å²) >= 11 is 3.46. The minimum absolute atomic E-state index is 0.888. The summed E-state index contributed by atoms with van der Waals surface area (Å²) in [6.45, 7) is 0. The molecule has 0 radical (unpaired) electrons. The summed E-state index contributed by atoms with van der Waals surface area (Å²) < 4.78 is 5.89. The fourth-order valence-electron chi connectivity index (χ4n) is 1.68. The lowest BCUT2D eigenvalue weighted by molar-refractivity contribution is 0.476. The van der Waals surface area contributed by atoms with E-state index in [4.69, 9.17) is 4.74 Å². The first kappa shape index (κ1) is 12.2. The van der Waals surface area contributed by atoms with E-state index in [1.165, 1.54) is 5.56 Å². The zero-order chi connectivity index (χ0) is 11.9. The molecule has 0 aliphatic carbocycles. The van der Waals surface area contributed by atoms with E-state index in [9.17, 15) is 0 Å². The smallest absolute Gasteiger partial charge is 0.130 e. The summed E-state index contributed by atoms with van der Waals surface area (Å²) in [4.78, 5) is 0. The Balaban J connectivity index is 2.15. The predicted molar refractivity (Wildman–Crippen MR) is 75.1 cm³/mol. The maximum atomic E-state index is 5.89. The normalized spacial score (nSPS) is 10.2. The van der Waals surface area contributed by atoms with Gasteiger partial charge in [0.2, 0.25) is 0 Å². The van der Waals surface area contributed by atoms with E-state index in [1.807, 2.05) is 42.5 Å². The van der Waals surface area contributed by atoms with Crippen LogP contribution in [0.5, 0.6) is 11.5 Å². The van der Waals surface area contributed by atoms with Crippen LogP contribution in [0.2, 0.25) is 0 Å². The van der Waals surface area contributed by atoms with Crippen molar-refractivity contribution in [1.82, 2.24) is 0 Å².